The zero-order valence-corrected chi connectivity index (χ0v) is 14.6. The first-order valence-corrected chi connectivity index (χ1v) is 8.39. The summed E-state index contributed by atoms with van der Waals surface area (Å²) >= 11 is 0. The average Bonchev–Trinajstić information content (AvgIpc) is 2.61. The molecule has 1 aliphatic heterocycles. The molecule has 3 rings (SSSR count). The van der Waals surface area contributed by atoms with Crippen molar-refractivity contribution in [1.29, 1.82) is 0 Å². The number of hydrogen-bond acceptors (Lipinski definition) is 5. The molecule has 1 aromatic heterocycles. The second-order valence-corrected chi connectivity index (χ2v) is 6.46. The lowest BCUT2D eigenvalue weighted by atomic mass is 9.97. The smallest absolute Gasteiger partial charge is 0.373 e. The number of aromatic nitrogens is 2. The van der Waals surface area contributed by atoms with Crippen LogP contribution in [0.15, 0.2) is 36.4 Å². The lowest BCUT2D eigenvalue weighted by Gasteiger charge is -2.30. The number of halogens is 3. The number of alkyl halides is 3. The van der Waals surface area contributed by atoms with Gasteiger partial charge in [0.2, 0.25) is 5.95 Å². The molecule has 8 heteroatoms. The van der Waals surface area contributed by atoms with Gasteiger partial charge >= 0.3 is 6.18 Å². The molecule has 1 N–H and O–H groups in total. The maximum absolute atomic E-state index is 13.1. The topological polar surface area (TPSA) is 50.3 Å². The molecule has 0 radical (unpaired) electrons. The highest BCUT2D eigenvalue weighted by Crippen LogP contribution is 2.32. The fourth-order valence-corrected chi connectivity index (χ4v) is 2.88. The summed E-state index contributed by atoms with van der Waals surface area (Å²) in [4.78, 5) is 9.39. The van der Waals surface area contributed by atoms with Crippen LogP contribution in [-0.2, 0) is 10.9 Å². The highest BCUT2D eigenvalue weighted by Gasteiger charge is 2.34. The first kappa shape index (κ1) is 18.4. The minimum Gasteiger partial charge on any atom is -0.373 e. The third kappa shape index (κ3) is 4.43. The van der Waals surface area contributed by atoms with Gasteiger partial charge < -0.3 is 15.0 Å². The molecular formula is C18H21F3N4O. The van der Waals surface area contributed by atoms with E-state index in [4.69, 9.17) is 4.74 Å². The molecule has 5 nitrogen and oxygen atoms in total. The fourth-order valence-electron chi connectivity index (χ4n) is 2.88. The van der Waals surface area contributed by atoms with Crippen LogP contribution in [0, 0.1) is 0 Å². The van der Waals surface area contributed by atoms with Crippen molar-refractivity contribution in [2.24, 2.45) is 0 Å². The van der Waals surface area contributed by atoms with Crippen LogP contribution in [-0.4, -0.2) is 36.7 Å². The van der Waals surface area contributed by atoms with Crippen molar-refractivity contribution >= 4 is 11.8 Å². The van der Waals surface area contributed by atoms with E-state index in [9.17, 15) is 13.2 Å². The highest BCUT2D eigenvalue weighted by molar-refractivity contribution is 5.44. The van der Waals surface area contributed by atoms with E-state index in [0.717, 1.165) is 11.6 Å². The number of ether oxygens (including phenoxy) is 1. The van der Waals surface area contributed by atoms with Crippen LogP contribution in [0.3, 0.4) is 0 Å². The number of nitrogens with zero attached hydrogens (tertiary/aromatic N) is 3. The predicted molar refractivity (Wildman–Crippen MR) is 93.1 cm³/mol. The van der Waals surface area contributed by atoms with Crippen molar-refractivity contribution < 1.29 is 17.9 Å². The number of benzene rings is 1. The van der Waals surface area contributed by atoms with E-state index < -0.39 is 11.9 Å². The molecule has 2 aromatic rings. The summed E-state index contributed by atoms with van der Waals surface area (Å²) in [5, 5.41) is 3.06. The van der Waals surface area contributed by atoms with E-state index in [2.05, 4.69) is 15.3 Å². The van der Waals surface area contributed by atoms with Gasteiger partial charge in [0, 0.05) is 32.8 Å². The summed E-state index contributed by atoms with van der Waals surface area (Å²) in [5.41, 5.74) is 0.100. The Hall–Kier alpha value is -2.35. The number of anilines is 2. The Morgan fingerprint density at radius 2 is 1.88 bits per heavy atom. The Balaban J connectivity index is 1.78. The van der Waals surface area contributed by atoms with Gasteiger partial charge in [-0.15, -0.1) is 0 Å². The van der Waals surface area contributed by atoms with E-state index in [1.165, 1.54) is 4.90 Å². The third-order valence-corrected chi connectivity index (χ3v) is 4.25. The molecule has 140 valence electrons. The lowest BCUT2D eigenvalue weighted by molar-refractivity contribution is -0.141. The summed E-state index contributed by atoms with van der Waals surface area (Å²) in [7, 11) is 3.29. The van der Waals surface area contributed by atoms with Gasteiger partial charge in [-0.2, -0.15) is 18.2 Å². The van der Waals surface area contributed by atoms with Gasteiger partial charge in [-0.1, -0.05) is 30.3 Å². The van der Waals surface area contributed by atoms with Crippen molar-refractivity contribution in [3.63, 3.8) is 0 Å². The molecule has 1 fully saturated rings. The molecule has 2 unspecified atom stereocenters. The molecule has 1 aromatic carbocycles. The Bertz CT molecular complexity index is 737. The van der Waals surface area contributed by atoms with Gasteiger partial charge in [0.1, 0.15) is 5.82 Å². The van der Waals surface area contributed by atoms with Gasteiger partial charge in [-0.25, -0.2) is 4.98 Å². The molecule has 0 spiro atoms. The van der Waals surface area contributed by atoms with Crippen molar-refractivity contribution in [2.75, 3.05) is 30.9 Å². The van der Waals surface area contributed by atoms with Crippen LogP contribution in [0.25, 0.3) is 0 Å². The largest absolute Gasteiger partial charge is 0.433 e. The first-order valence-electron chi connectivity index (χ1n) is 8.39. The second-order valence-electron chi connectivity index (χ2n) is 6.46. The summed E-state index contributed by atoms with van der Waals surface area (Å²) in [5.74, 6) is 0.198. The molecular weight excluding hydrogens is 345 g/mol. The summed E-state index contributed by atoms with van der Waals surface area (Å²) in [6.45, 7) is 0.525. The molecule has 0 aliphatic carbocycles. The Labute approximate surface area is 150 Å². The minimum atomic E-state index is -4.52. The van der Waals surface area contributed by atoms with Gasteiger partial charge in [0.05, 0.1) is 6.10 Å². The zero-order valence-electron chi connectivity index (χ0n) is 14.6. The fraction of sp³-hybridized carbons (Fsp3) is 0.444. The number of rotatable bonds is 4. The van der Waals surface area contributed by atoms with Gasteiger partial charge in [0.25, 0.3) is 0 Å². The average molecular weight is 366 g/mol. The molecule has 2 atom stereocenters. The normalized spacial score (nSPS) is 20.7. The Kier molecular flexibility index (Phi) is 5.31. The Morgan fingerprint density at radius 1 is 1.15 bits per heavy atom. The van der Waals surface area contributed by atoms with E-state index in [0.29, 0.717) is 19.4 Å². The van der Waals surface area contributed by atoms with Crippen molar-refractivity contribution in [1.82, 2.24) is 9.97 Å². The number of nitrogens with one attached hydrogen (secondary N) is 1. The molecule has 0 bridgehead atoms. The van der Waals surface area contributed by atoms with Gasteiger partial charge in [-0.05, 0) is 18.4 Å². The van der Waals surface area contributed by atoms with Crippen LogP contribution in [0.1, 0.15) is 30.2 Å². The number of hydrogen-bond donors (Lipinski definition) is 1. The second kappa shape index (κ2) is 7.49. The summed E-state index contributed by atoms with van der Waals surface area (Å²) < 4.78 is 45.2. The lowest BCUT2D eigenvalue weighted by Crippen LogP contribution is -2.31. The standard InChI is InChI=1S/C18H21F3N4O/c1-25(2)16-11-15(18(19,20)21)23-17(24-16)22-13-8-9-26-14(10-13)12-6-4-3-5-7-12/h3-7,11,13-14H,8-10H2,1-2H3,(H,22,23,24). The zero-order chi connectivity index (χ0) is 18.7. The van der Waals surface area contributed by atoms with Crippen LogP contribution < -0.4 is 10.2 Å². The van der Waals surface area contributed by atoms with Gasteiger partial charge in [0.15, 0.2) is 5.69 Å². The predicted octanol–water partition coefficient (Wildman–Crippen LogP) is 3.89. The first-order chi connectivity index (χ1) is 12.3. The van der Waals surface area contributed by atoms with Crippen molar-refractivity contribution in [3.8, 4) is 0 Å². The van der Waals surface area contributed by atoms with E-state index >= 15 is 0 Å². The molecule has 1 aliphatic rings. The molecule has 2 heterocycles. The molecule has 26 heavy (non-hydrogen) atoms. The SMILES string of the molecule is CN(C)c1cc(C(F)(F)F)nc(NC2CCOC(c3ccccc3)C2)n1. The van der Waals surface area contributed by atoms with Crippen LogP contribution in [0.4, 0.5) is 24.9 Å². The quantitative estimate of drug-likeness (QED) is 0.890. The summed E-state index contributed by atoms with van der Waals surface area (Å²) in [6, 6.07) is 10.7. The third-order valence-electron chi connectivity index (χ3n) is 4.25. The summed E-state index contributed by atoms with van der Waals surface area (Å²) in [6.07, 6.45) is -3.30. The van der Waals surface area contributed by atoms with Gasteiger partial charge in [-0.3, -0.25) is 0 Å². The monoisotopic (exact) mass is 366 g/mol. The maximum Gasteiger partial charge on any atom is 0.433 e. The Morgan fingerprint density at radius 3 is 2.54 bits per heavy atom. The van der Waals surface area contributed by atoms with Crippen LogP contribution >= 0.6 is 0 Å². The molecule has 1 saturated heterocycles. The molecule has 0 saturated carbocycles. The van der Waals surface area contributed by atoms with Crippen LogP contribution in [0.5, 0.6) is 0 Å². The highest BCUT2D eigenvalue weighted by atomic mass is 19.4. The van der Waals surface area contributed by atoms with E-state index in [1.807, 2.05) is 30.3 Å². The minimum absolute atomic E-state index is 0.0118. The van der Waals surface area contributed by atoms with E-state index in [-0.39, 0.29) is 23.9 Å². The maximum atomic E-state index is 13.1. The van der Waals surface area contributed by atoms with Crippen LogP contribution in [0.2, 0.25) is 0 Å². The molecule has 0 amide bonds. The van der Waals surface area contributed by atoms with Crippen molar-refractivity contribution in [2.45, 2.75) is 31.2 Å². The van der Waals surface area contributed by atoms with E-state index in [1.54, 1.807) is 14.1 Å². The van der Waals surface area contributed by atoms with Crippen molar-refractivity contribution in [3.05, 3.63) is 47.7 Å².